The first kappa shape index (κ1) is 11.1. The fraction of sp³-hybridized carbons (Fsp3) is 0.357. The van der Waals surface area contributed by atoms with Crippen LogP contribution in [-0.2, 0) is 0 Å². The molecule has 1 aliphatic carbocycles. The Balaban J connectivity index is 2.33. The van der Waals surface area contributed by atoms with E-state index in [1.807, 2.05) is 6.08 Å². The van der Waals surface area contributed by atoms with Gasteiger partial charge in [0.25, 0.3) is 0 Å². The summed E-state index contributed by atoms with van der Waals surface area (Å²) in [6.07, 6.45) is 5.84. The minimum atomic E-state index is -0.376. The molecule has 2 rings (SSSR count). The lowest BCUT2D eigenvalue weighted by atomic mass is 9.92. The third-order valence-corrected chi connectivity index (χ3v) is 3.02. The molecule has 0 unspecified atom stereocenters. The predicted molar refractivity (Wildman–Crippen MR) is 62.0 cm³/mol. The predicted octanol–water partition coefficient (Wildman–Crippen LogP) is 3.82. The molecule has 0 atom stereocenters. The number of carbonyl (C=O) groups excluding carboxylic acids is 1. The molecule has 1 nitrogen and oxygen atoms in total. The van der Waals surface area contributed by atoms with Crippen molar-refractivity contribution in [3.05, 3.63) is 46.8 Å². The second-order valence-electron chi connectivity index (χ2n) is 4.24. The largest absolute Gasteiger partial charge is 0.289 e. The van der Waals surface area contributed by atoms with Crippen LogP contribution < -0.4 is 0 Å². The van der Waals surface area contributed by atoms with E-state index >= 15 is 0 Å². The number of ketones is 1. The van der Waals surface area contributed by atoms with E-state index in [-0.39, 0.29) is 17.2 Å². The molecule has 1 aromatic rings. The van der Waals surface area contributed by atoms with E-state index in [0.29, 0.717) is 5.56 Å². The van der Waals surface area contributed by atoms with Crippen molar-refractivity contribution < 1.29 is 9.18 Å². The van der Waals surface area contributed by atoms with Gasteiger partial charge in [-0.1, -0.05) is 18.2 Å². The van der Waals surface area contributed by atoms with Crippen molar-refractivity contribution in [3.63, 3.8) is 0 Å². The Hall–Kier alpha value is -1.44. The molecule has 0 heterocycles. The van der Waals surface area contributed by atoms with Crippen molar-refractivity contribution in [1.29, 1.82) is 0 Å². The van der Waals surface area contributed by atoms with Crippen LogP contribution in [0.5, 0.6) is 0 Å². The number of hydrogen-bond donors (Lipinski definition) is 0. The van der Waals surface area contributed by atoms with E-state index in [4.69, 9.17) is 0 Å². The molecule has 2 heteroatoms. The van der Waals surface area contributed by atoms with E-state index in [2.05, 4.69) is 0 Å². The number of hydrogen-bond acceptors (Lipinski definition) is 1. The maximum absolute atomic E-state index is 13.8. The summed E-state index contributed by atoms with van der Waals surface area (Å²) in [4.78, 5) is 12.1. The van der Waals surface area contributed by atoms with Gasteiger partial charge < -0.3 is 0 Å². The number of benzene rings is 1. The van der Waals surface area contributed by atoms with Crippen LogP contribution in [0.3, 0.4) is 0 Å². The van der Waals surface area contributed by atoms with Crippen molar-refractivity contribution in [2.24, 2.45) is 0 Å². The zero-order valence-electron chi connectivity index (χ0n) is 9.42. The molecule has 0 spiro atoms. The Bertz CT molecular complexity index is 446. The van der Waals surface area contributed by atoms with E-state index < -0.39 is 0 Å². The van der Waals surface area contributed by atoms with Crippen LogP contribution >= 0.6 is 0 Å². The number of rotatable bonds is 2. The summed E-state index contributed by atoms with van der Waals surface area (Å²) in [6.45, 7) is 1.68. The first-order valence-electron chi connectivity index (χ1n) is 5.69. The smallest absolute Gasteiger partial charge is 0.191 e. The van der Waals surface area contributed by atoms with E-state index in [1.54, 1.807) is 25.1 Å². The molecule has 0 amide bonds. The Morgan fingerprint density at radius 2 is 2.12 bits per heavy atom. The zero-order chi connectivity index (χ0) is 11.5. The van der Waals surface area contributed by atoms with Gasteiger partial charge in [0.2, 0.25) is 0 Å². The summed E-state index contributed by atoms with van der Waals surface area (Å²) >= 11 is 0. The molecule has 0 saturated heterocycles. The molecule has 0 fully saturated rings. The molecule has 0 radical (unpaired) electrons. The molecule has 0 aromatic heterocycles. The van der Waals surface area contributed by atoms with Crippen LogP contribution in [0.15, 0.2) is 29.8 Å². The number of Topliss-reactive ketones (excluding diaryl/α,β-unsaturated/α-hetero) is 1. The molecule has 1 aromatic carbocycles. The second-order valence-corrected chi connectivity index (χ2v) is 4.24. The molecule has 0 bridgehead atoms. The van der Waals surface area contributed by atoms with Crippen LogP contribution in [0.4, 0.5) is 4.39 Å². The Morgan fingerprint density at radius 3 is 2.81 bits per heavy atom. The normalized spacial score (nSPS) is 15.8. The summed E-state index contributed by atoms with van der Waals surface area (Å²) in [5.41, 5.74) is 1.52. The van der Waals surface area contributed by atoms with Crippen molar-refractivity contribution in [2.75, 3.05) is 0 Å². The van der Waals surface area contributed by atoms with Crippen LogP contribution in [-0.4, -0.2) is 5.78 Å². The van der Waals surface area contributed by atoms with Gasteiger partial charge in [0, 0.05) is 0 Å². The Morgan fingerprint density at radius 1 is 1.31 bits per heavy atom. The lowest BCUT2D eigenvalue weighted by molar-refractivity contribution is 0.102. The van der Waals surface area contributed by atoms with Crippen LogP contribution in [0, 0.1) is 12.7 Å². The SMILES string of the molecule is Cc1cccc(C(=O)C2=CCCCC2)c1F. The van der Waals surface area contributed by atoms with Gasteiger partial charge in [0.15, 0.2) is 5.78 Å². The Labute approximate surface area is 95.0 Å². The summed E-state index contributed by atoms with van der Waals surface area (Å²) < 4.78 is 13.8. The summed E-state index contributed by atoms with van der Waals surface area (Å²) in [7, 11) is 0. The minimum Gasteiger partial charge on any atom is -0.289 e. The fourth-order valence-electron chi connectivity index (χ4n) is 2.04. The number of allylic oxidation sites excluding steroid dienone is 2. The van der Waals surface area contributed by atoms with Gasteiger partial charge >= 0.3 is 0 Å². The van der Waals surface area contributed by atoms with Gasteiger partial charge in [-0.25, -0.2) is 4.39 Å². The summed E-state index contributed by atoms with van der Waals surface area (Å²) in [6, 6.07) is 4.98. The molecule has 0 saturated carbocycles. The average molecular weight is 218 g/mol. The third-order valence-electron chi connectivity index (χ3n) is 3.02. The maximum atomic E-state index is 13.8. The fourth-order valence-corrected chi connectivity index (χ4v) is 2.04. The lowest BCUT2D eigenvalue weighted by Gasteiger charge is -2.12. The summed E-state index contributed by atoms with van der Waals surface area (Å²) in [5.74, 6) is -0.514. The van der Waals surface area contributed by atoms with Crippen LogP contribution in [0.25, 0.3) is 0 Å². The quantitative estimate of drug-likeness (QED) is 0.690. The van der Waals surface area contributed by atoms with E-state index in [1.165, 1.54) is 0 Å². The number of halogens is 1. The monoisotopic (exact) mass is 218 g/mol. The molecular formula is C14H15FO. The van der Waals surface area contributed by atoms with Gasteiger partial charge in [-0.3, -0.25) is 4.79 Å². The highest BCUT2D eigenvalue weighted by atomic mass is 19.1. The van der Waals surface area contributed by atoms with Crippen molar-refractivity contribution >= 4 is 5.78 Å². The second kappa shape index (κ2) is 4.60. The van der Waals surface area contributed by atoms with Gasteiger partial charge in [-0.15, -0.1) is 0 Å². The maximum Gasteiger partial charge on any atom is 0.191 e. The molecule has 0 N–H and O–H groups in total. The standard InChI is InChI=1S/C14H15FO/c1-10-6-5-9-12(13(10)15)14(16)11-7-3-2-4-8-11/h5-7,9H,2-4,8H2,1H3. The number of aryl methyl sites for hydroxylation is 1. The van der Waals surface area contributed by atoms with Crippen molar-refractivity contribution in [2.45, 2.75) is 32.6 Å². The van der Waals surface area contributed by atoms with Gasteiger partial charge in [0.05, 0.1) is 5.56 Å². The van der Waals surface area contributed by atoms with Crippen molar-refractivity contribution in [3.8, 4) is 0 Å². The minimum absolute atomic E-state index is 0.138. The number of carbonyl (C=O) groups is 1. The van der Waals surface area contributed by atoms with Crippen LogP contribution in [0.2, 0.25) is 0 Å². The van der Waals surface area contributed by atoms with Crippen LogP contribution in [0.1, 0.15) is 41.6 Å². The highest BCUT2D eigenvalue weighted by Gasteiger charge is 2.18. The van der Waals surface area contributed by atoms with Gasteiger partial charge in [0.1, 0.15) is 5.82 Å². The summed E-state index contributed by atoms with van der Waals surface area (Å²) in [5, 5.41) is 0. The topological polar surface area (TPSA) is 17.1 Å². The van der Waals surface area contributed by atoms with Gasteiger partial charge in [-0.2, -0.15) is 0 Å². The molecular weight excluding hydrogens is 203 g/mol. The lowest BCUT2D eigenvalue weighted by Crippen LogP contribution is -2.09. The molecule has 0 aliphatic heterocycles. The zero-order valence-corrected chi connectivity index (χ0v) is 9.42. The highest BCUT2D eigenvalue weighted by Crippen LogP contribution is 2.23. The van der Waals surface area contributed by atoms with Crippen molar-refractivity contribution in [1.82, 2.24) is 0 Å². The average Bonchev–Trinajstić information content (AvgIpc) is 2.33. The highest BCUT2D eigenvalue weighted by molar-refractivity contribution is 6.09. The Kier molecular flexibility index (Phi) is 3.18. The molecule has 84 valence electrons. The van der Waals surface area contributed by atoms with E-state index in [9.17, 15) is 9.18 Å². The third kappa shape index (κ3) is 2.06. The molecule has 1 aliphatic rings. The van der Waals surface area contributed by atoms with E-state index in [0.717, 1.165) is 31.3 Å². The first-order valence-corrected chi connectivity index (χ1v) is 5.69. The molecule has 16 heavy (non-hydrogen) atoms. The first-order chi connectivity index (χ1) is 7.70. The van der Waals surface area contributed by atoms with Gasteiger partial charge in [-0.05, 0) is 49.8 Å².